The molecule has 0 aliphatic carbocycles. The van der Waals surface area contributed by atoms with Gasteiger partial charge in [-0.3, -0.25) is 0 Å². The van der Waals surface area contributed by atoms with Gasteiger partial charge in [-0.2, -0.15) is 0 Å². The van der Waals surface area contributed by atoms with Gasteiger partial charge in [0, 0.05) is 23.9 Å². The van der Waals surface area contributed by atoms with Crippen LogP contribution in [0.1, 0.15) is 19.7 Å². The molecule has 7 nitrogen and oxygen atoms in total. The molecule has 2 N–H and O–H groups in total. The Balaban J connectivity index is 1.72. The summed E-state index contributed by atoms with van der Waals surface area (Å²) in [4.78, 5) is 8.90. The van der Waals surface area contributed by atoms with E-state index in [1.165, 1.54) is 0 Å². The van der Waals surface area contributed by atoms with Crippen LogP contribution in [0.2, 0.25) is 0 Å². The van der Waals surface area contributed by atoms with E-state index in [9.17, 15) is 0 Å². The molecule has 152 valence electrons. The predicted octanol–water partition coefficient (Wildman–Crippen LogP) is 4.33. The van der Waals surface area contributed by atoms with Crippen molar-refractivity contribution in [3.8, 4) is 22.8 Å². The van der Waals surface area contributed by atoms with Crippen molar-refractivity contribution in [1.82, 2.24) is 10.3 Å². The molecule has 29 heavy (non-hydrogen) atoms. The fourth-order valence-corrected chi connectivity index (χ4v) is 2.73. The third-order valence-electron chi connectivity index (χ3n) is 4.05. The molecule has 0 atom stereocenters. The summed E-state index contributed by atoms with van der Waals surface area (Å²) in [7, 11) is 1.62. The van der Waals surface area contributed by atoms with E-state index in [1.54, 1.807) is 13.3 Å². The quantitative estimate of drug-likeness (QED) is 0.437. The standard InChI is InChI=1S/C22H26N4O3/c1-4-23-22(26-17-11-12-18(27-3)19(13-17)28-5-2)25-15-21-24-14-20(29-21)16-9-7-6-8-10-16/h6-14H,4-5,15H2,1-3H3,(H2,23,25,26). The van der Waals surface area contributed by atoms with Crippen molar-refractivity contribution < 1.29 is 13.9 Å². The first-order chi connectivity index (χ1) is 14.2. The Labute approximate surface area is 170 Å². The first-order valence-electron chi connectivity index (χ1n) is 9.59. The van der Waals surface area contributed by atoms with E-state index in [-0.39, 0.29) is 0 Å². The average molecular weight is 394 g/mol. The van der Waals surface area contributed by atoms with Crippen LogP contribution in [0.25, 0.3) is 11.3 Å². The molecule has 0 saturated carbocycles. The summed E-state index contributed by atoms with van der Waals surface area (Å²) < 4.78 is 16.8. The fourth-order valence-electron chi connectivity index (χ4n) is 2.73. The van der Waals surface area contributed by atoms with E-state index in [0.717, 1.165) is 23.6 Å². The molecule has 1 heterocycles. The van der Waals surface area contributed by atoms with Crippen LogP contribution in [0.5, 0.6) is 11.5 Å². The summed E-state index contributed by atoms with van der Waals surface area (Å²) in [5, 5.41) is 6.49. The van der Waals surface area contributed by atoms with Crippen molar-refractivity contribution in [2.75, 3.05) is 25.6 Å². The Morgan fingerprint density at radius 3 is 2.66 bits per heavy atom. The summed E-state index contributed by atoms with van der Waals surface area (Å²) in [5.74, 6) is 3.26. The van der Waals surface area contributed by atoms with E-state index < -0.39 is 0 Å². The minimum atomic E-state index is 0.316. The molecule has 0 fully saturated rings. The number of methoxy groups -OCH3 is 1. The zero-order valence-corrected chi connectivity index (χ0v) is 16.9. The van der Waals surface area contributed by atoms with Gasteiger partial charge in [0.25, 0.3) is 0 Å². The van der Waals surface area contributed by atoms with Crippen molar-refractivity contribution >= 4 is 11.6 Å². The van der Waals surface area contributed by atoms with Gasteiger partial charge >= 0.3 is 0 Å². The minimum absolute atomic E-state index is 0.316. The molecule has 0 aliphatic heterocycles. The maximum absolute atomic E-state index is 5.82. The van der Waals surface area contributed by atoms with Crippen molar-refractivity contribution in [2.45, 2.75) is 20.4 Å². The molecule has 0 aliphatic rings. The van der Waals surface area contributed by atoms with Crippen LogP contribution in [-0.2, 0) is 6.54 Å². The highest BCUT2D eigenvalue weighted by atomic mass is 16.5. The van der Waals surface area contributed by atoms with Crippen LogP contribution in [-0.4, -0.2) is 31.2 Å². The number of benzene rings is 2. The number of oxazole rings is 1. The Morgan fingerprint density at radius 1 is 1.10 bits per heavy atom. The van der Waals surface area contributed by atoms with Crippen molar-refractivity contribution in [3.05, 3.63) is 60.6 Å². The summed E-state index contributed by atoms with van der Waals surface area (Å²) in [6.45, 7) is 5.54. The maximum Gasteiger partial charge on any atom is 0.216 e. The summed E-state index contributed by atoms with van der Waals surface area (Å²) >= 11 is 0. The molecule has 1 aromatic heterocycles. The average Bonchev–Trinajstić information content (AvgIpc) is 3.22. The molecule has 0 unspecified atom stereocenters. The van der Waals surface area contributed by atoms with Crippen molar-refractivity contribution in [1.29, 1.82) is 0 Å². The van der Waals surface area contributed by atoms with Crippen LogP contribution in [0, 0.1) is 0 Å². The lowest BCUT2D eigenvalue weighted by Crippen LogP contribution is -2.30. The number of ether oxygens (including phenoxy) is 2. The Kier molecular flexibility index (Phi) is 7.10. The highest BCUT2D eigenvalue weighted by Crippen LogP contribution is 2.30. The van der Waals surface area contributed by atoms with Gasteiger partial charge in [0.1, 0.15) is 6.54 Å². The molecule has 0 amide bonds. The van der Waals surface area contributed by atoms with Gasteiger partial charge in [0.05, 0.1) is 19.9 Å². The van der Waals surface area contributed by atoms with Gasteiger partial charge in [-0.1, -0.05) is 30.3 Å². The number of rotatable bonds is 8. The molecule has 3 rings (SSSR count). The van der Waals surface area contributed by atoms with E-state index >= 15 is 0 Å². The lowest BCUT2D eigenvalue weighted by molar-refractivity contribution is 0.311. The molecule has 0 radical (unpaired) electrons. The van der Waals surface area contributed by atoms with Crippen LogP contribution in [0.4, 0.5) is 5.69 Å². The van der Waals surface area contributed by atoms with E-state index in [2.05, 4.69) is 20.6 Å². The number of guanidine groups is 1. The predicted molar refractivity (Wildman–Crippen MR) is 115 cm³/mol. The molecule has 3 aromatic rings. The number of hydrogen-bond acceptors (Lipinski definition) is 5. The van der Waals surface area contributed by atoms with Crippen LogP contribution < -0.4 is 20.1 Å². The zero-order chi connectivity index (χ0) is 20.5. The minimum Gasteiger partial charge on any atom is -0.493 e. The lowest BCUT2D eigenvalue weighted by atomic mass is 10.2. The SMILES string of the molecule is CCNC(=NCc1ncc(-c2ccccc2)o1)Nc1ccc(OC)c(OCC)c1. The molecule has 7 heteroatoms. The Bertz CT molecular complexity index is 938. The third-order valence-corrected chi connectivity index (χ3v) is 4.05. The van der Waals surface area contributed by atoms with Gasteiger partial charge in [-0.25, -0.2) is 9.98 Å². The van der Waals surface area contributed by atoms with Crippen LogP contribution >= 0.6 is 0 Å². The van der Waals surface area contributed by atoms with E-state index in [1.807, 2.05) is 62.4 Å². The summed E-state index contributed by atoms with van der Waals surface area (Å²) in [6, 6.07) is 15.5. The van der Waals surface area contributed by atoms with Gasteiger partial charge in [-0.05, 0) is 26.0 Å². The van der Waals surface area contributed by atoms with E-state index in [4.69, 9.17) is 13.9 Å². The van der Waals surface area contributed by atoms with Crippen LogP contribution in [0.3, 0.4) is 0 Å². The molecule has 0 saturated heterocycles. The zero-order valence-electron chi connectivity index (χ0n) is 16.9. The maximum atomic E-state index is 5.82. The number of nitrogens with zero attached hydrogens (tertiary/aromatic N) is 2. The number of anilines is 1. The second-order valence-electron chi connectivity index (χ2n) is 6.10. The number of nitrogens with one attached hydrogen (secondary N) is 2. The first kappa shape index (κ1) is 20.3. The van der Waals surface area contributed by atoms with Gasteiger partial charge in [-0.15, -0.1) is 0 Å². The number of aromatic nitrogens is 1. The topological polar surface area (TPSA) is 80.9 Å². The Morgan fingerprint density at radius 2 is 1.93 bits per heavy atom. The molecule has 0 bridgehead atoms. The number of hydrogen-bond donors (Lipinski definition) is 2. The van der Waals surface area contributed by atoms with E-state index in [0.29, 0.717) is 36.5 Å². The van der Waals surface area contributed by atoms with Crippen LogP contribution in [0.15, 0.2) is 64.1 Å². The molecular formula is C22H26N4O3. The fraction of sp³-hybridized carbons (Fsp3) is 0.273. The normalized spacial score (nSPS) is 11.2. The monoisotopic (exact) mass is 394 g/mol. The molecule has 0 spiro atoms. The molecule has 2 aromatic carbocycles. The number of aliphatic imine (C=N–C) groups is 1. The van der Waals surface area contributed by atoms with Crippen molar-refractivity contribution in [2.24, 2.45) is 4.99 Å². The molecular weight excluding hydrogens is 368 g/mol. The summed E-state index contributed by atoms with van der Waals surface area (Å²) in [5.41, 5.74) is 1.83. The van der Waals surface area contributed by atoms with Gasteiger partial charge < -0.3 is 24.5 Å². The highest BCUT2D eigenvalue weighted by Gasteiger charge is 2.09. The lowest BCUT2D eigenvalue weighted by Gasteiger charge is -2.14. The Hall–Kier alpha value is -3.48. The first-order valence-corrected chi connectivity index (χ1v) is 9.59. The van der Waals surface area contributed by atoms with Crippen molar-refractivity contribution in [3.63, 3.8) is 0 Å². The van der Waals surface area contributed by atoms with Gasteiger partial charge in [0.15, 0.2) is 23.2 Å². The van der Waals surface area contributed by atoms with Gasteiger partial charge in [0.2, 0.25) is 5.89 Å². The second kappa shape index (κ2) is 10.2. The highest BCUT2D eigenvalue weighted by molar-refractivity contribution is 5.93. The largest absolute Gasteiger partial charge is 0.493 e. The summed E-state index contributed by atoms with van der Waals surface area (Å²) in [6.07, 6.45) is 1.72. The third kappa shape index (κ3) is 5.51. The second-order valence-corrected chi connectivity index (χ2v) is 6.10. The smallest absolute Gasteiger partial charge is 0.216 e.